The van der Waals surface area contributed by atoms with Crippen LogP contribution in [0.25, 0.3) is 22.5 Å². The number of anilines is 1. The number of hydrogen-bond acceptors (Lipinski definition) is 6. The van der Waals surface area contributed by atoms with E-state index in [2.05, 4.69) is 81.8 Å². The molecule has 8 nitrogen and oxygen atoms in total. The first-order valence-electron chi connectivity index (χ1n) is 14.2. The molecule has 1 amide bonds. The zero-order valence-electron chi connectivity index (χ0n) is 22.5. The van der Waals surface area contributed by atoms with Gasteiger partial charge in [0.15, 0.2) is 0 Å². The fraction of sp³-hybridized carbons (Fsp3) is 0.500. The largest absolute Gasteiger partial charge is 0.371 e. The summed E-state index contributed by atoms with van der Waals surface area (Å²) in [5.74, 6) is 2.45. The normalized spacial score (nSPS) is 20.9. The van der Waals surface area contributed by atoms with E-state index in [9.17, 15) is 4.79 Å². The zero-order chi connectivity index (χ0) is 26.1. The molecule has 1 saturated carbocycles. The van der Waals surface area contributed by atoms with Crippen molar-refractivity contribution < 1.29 is 4.79 Å². The number of nitrogens with zero attached hydrogens (tertiary/aromatic N) is 6. The summed E-state index contributed by atoms with van der Waals surface area (Å²) >= 11 is 0. The molecule has 1 aromatic heterocycles. The van der Waals surface area contributed by atoms with E-state index in [1.807, 2.05) is 4.90 Å². The maximum absolute atomic E-state index is 13.5. The number of aliphatic imine (C=N–C) groups is 1. The molecular formula is C30H37N7O. The second-order valence-electron chi connectivity index (χ2n) is 11.3. The molecule has 1 atom stereocenters. The first kappa shape index (κ1) is 24.8. The number of hydrogen-bond donors (Lipinski definition) is 1. The van der Waals surface area contributed by atoms with Crippen molar-refractivity contribution in [3.8, 4) is 22.5 Å². The van der Waals surface area contributed by atoms with Crippen molar-refractivity contribution in [2.45, 2.75) is 77.3 Å². The predicted octanol–water partition coefficient (Wildman–Crippen LogP) is 5.62. The summed E-state index contributed by atoms with van der Waals surface area (Å²) in [4.78, 5) is 22.9. The van der Waals surface area contributed by atoms with Gasteiger partial charge < -0.3 is 4.90 Å². The van der Waals surface area contributed by atoms with Crippen LogP contribution in [0.2, 0.25) is 0 Å². The SMILES string of the molecule is CCCC1=NC2(CCCC2)C(=O)N1Cc1ccc(-c2cc(N3CCC[C@@H](C)C3)ccc2-c2nn[nH]n2)cc1. The van der Waals surface area contributed by atoms with Gasteiger partial charge in [0, 0.05) is 30.8 Å². The number of carbonyl (C=O) groups is 1. The minimum Gasteiger partial charge on any atom is -0.371 e. The topological polar surface area (TPSA) is 90.4 Å². The van der Waals surface area contributed by atoms with Crippen LogP contribution < -0.4 is 4.90 Å². The van der Waals surface area contributed by atoms with Gasteiger partial charge in [-0.3, -0.25) is 14.7 Å². The first-order valence-corrected chi connectivity index (χ1v) is 14.2. The standard InChI is InChI=1S/C30H37N7O/c1-3-7-27-31-30(15-4-5-16-30)29(38)37(27)20-22-9-11-23(12-10-22)26-18-24(36-17-6-8-21(2)19-36)13-14-25(26)28-32-34-35-33-28/h9-14,18,21H,3-8,15-17,19-20H2,1-2H3,(H,32,33,34,35)/t21-/m1/s1. The molecular weight excluding hydrogens is 474 g/mol. The van der Waals surface area contributed by atoms with Gasteiger partial charge >= 0.3 is 0 Å². The third-order valence-electron chi connectivity index (χ3n) is 8.42. The lowest BCUT2D eigenvalue weighted by molar-refractivity contribution is -0.131. The molecule has 3 aliphatic rings. The van der Waals surface area contributed by atoms with Crippen LogP contribution in [-0.2, 0) is 11.3 Å². The number of piperidine rings is 1. The average molecular weight is 512 g/mol. The fourth-order valence-corrected chi connectivity index (χ4v) is 6.42. The third kappa shape index (κ3) is 4.61. The molecule has 1 spiro atoms. The lowest BCUT2D eigenvalue weighted by atomic mass is 9.95. The van der Waals surface area contributed by atoms with Gasteiger partial charge in [-0.15, -0.1) is 10.2 Å². The number of amides is 1. The van der Waals surface area contributed by atoms with E-state index >= 15 is 0 Å². The van der Waals surface area contributed by atoms with Crippen LogP contribution in [0.3, 0.4) is 0 Å². The Labute approximate surface area is 224 Å². The summed E-state index contributed by atoms with van der Waals surface area (Å²) in [6.45, 7) is 7.21. The highest BCUT2D eigenvalue weighted by Gasteiger charge is 2.49. The number of rotatable bonds is 7. The van der Waals surface area contributed by atoms with Crippen LogP contribution in [0.1, 0.15) is 70.8 Å². The van der Waals surface area contributed by atoms with Crippen molar-refractivity contribution in [1.29, 1.82) is 0 Å². The summed E-state index contributed by atoms with van der Waals surface area (Å²) in [6.07, 6.45) is 8.31. The van der Waals surface area contributed by atoms with E-state index in [1.54, 1.807) is 0 Å². The van der Waals surface area contributed by atoms with E-state index in [0.717, 1.165) is 79.7 Å². The average Bonchev–Trinajstić information content (AvgIpc) is 3.69. The smallest absolute Gasteiger partial charge is 0.256 e. The van der Waals surface area contributed by atoms with E-state index in [-0.39, 0.29) is 5.91 Å². The number of nitrogens with one attached hydrogen (secondary N) is 1. The number of amidine groups is 1. The molecule has 0 bridgehead atoms. The first-order chi connectivity index (χ1) is 18.6. The second kappa shape index (κ2) is 10.3. The van der Waals surface area contributed by atoms with Gasteiger partial charge in [-0.05, 0) is 78.1 Å². The molecule has 0 radical (unpaired) electrons. The van der Waals surface area contributed by atoms with Gasteiger partial charge in [0.25, 0.3) is 5.91 Å². The number of aromatic nitrogens is 4. The summed E-state index contributed by atoms with van der Waals surface area (Å²) in [5.41, 5.74) is 4.99. The Morgan fingerprint density at radius 2 is 1.87 bits per heavy atom. The number of carbonyl (C=O) groups excluding carboxylic acids is 1. The molecule has 38 heavy (non-hydrogen) atoms. The monoisotopic (exact) mass is 511 g/mol. The highest BCUT2D eigenvalue weighted by molar-refractivity contribution is 6.08. The molecule has 3 heterocycles. The number of tetrazole rings is 1. The Bertz CT molecular complexity index is 1310. The molecule has 1 saturated heterocycles. The summed E-state index contributed by atoms with van der Waals surface area (Å²) in [7, 11) is 0. The number of benzene rings is 2. The molecule has 198 valence electrons. The fourth-order valence-electron chi connectivity index (χ4n) is 6.42. The molecule has 3 aromatic rings. The Kier molecular flexibility index (Phi) is 6.72. The van der Waals surface area contributed by atoms with Gasteiger partial charge in [-0.2, -0.15) is 5.21 Å². The summed E-state index contributed by atoms with van der Waals surface area (Å²) < 4.78 is 0. The lowest BCUT2D eigenvalue weighted by Gasteiger charge is -2.33. The Hall–Kier alpha value is -3.55. The number of H-pyrrole nitrogens is 1. The highest BCUT2D eigenvalue weighted by atomic mass is 16.2. The van der Waals surface area contributed by atoms with Gasteiger partial charge in [0.2, 0.25) is 5.82 Å². The molecule has 2 aliphatic heterocycles. The highest BCUT2D eigenvalue weighted by Crippen LogP contribution is 2.40. The van der Waals surface area contributed by atoms with Crippen molar-refractivity contribution >= 4 is 17.4 Å². The molecule has 0 unspecified atom stereocenters. The molecule has 1 N–H and O–H groups in total. The molecule has 2 fully saturated rings. The number of aromatic amines is 1. The zero-order valence-corrected chi connectivity index (χ0v) is 22.5. The minimum atomic E-state index is -0.490. The van der Waals surface area contributed by atoms with Gasteiger partial charge in [0.1, 0.15) is 11.4 Å². The van der Waals surface area contributed by atoms with Crippen molar-refractivity contribution in [3.63, 3.8) is 0 Å². The van der Waals surface area contributed by atoms with Crippen molar-refractivity contribution in [3.05, 3.63) is 48.0 Å². The third-order valence-corrected chi connectivity index (χ3v) is 8.42. The maximum Gasteiger partial charge on any atom is 0.256 e. The lowest BCUT2D eigenvalue weighted by Crippen LogP contribution is -2.40. The van der Waals surface area contributed by atoms with Crippen LogP contribution in [-0.4, -0.2) is 55.9 Å². The van der Waals surface area contributed by atoms with Gasteiger partial charge in [0.05, 0.1) is 6.54 Å². The Morgan fingerprint density at radius 1 is 1.05 bits per heavy atom. The Balaban J connectivity index is 1.28. The maximum atomic E-state index is 13.5. The quantitative estimate of drug-likeness (QED) is 0.444. The van der Waals surface area contributed by atoms with Crippen molar-refractivity contribution in [2.24, 2.45) is 10.9 Å². The predicted molar refractivity (Wildman–Crippen MR) is 150 cm³/mol. The molecule has 8 heteroatoms. The van der Waals surface area contributed by atoms with Crippen molar-refractivity contribution in [1.82, 2.24) is 25.5 Å². The van der Waals surface area contributed by atoms with Crippen LogP contribution in [0, 0.1) is 5.92 Å². The summed E-state index contributed by atoms with van der Waals surface area (Å²) in [5, 5.41) is 14.9. The van der Waals surface area contributed by atoms with Crippen molar-refractivity contribution in [2.75, 3.05) is 18.0 Å². The van der Waals surface area contributed by atoms with Gasteiger partial charge in [-0.1, -0.05) is 51.0 Å². The molecule has 2 aromatic carbocycles. The minimum absolute atomic E-state index is 0.199. The molecule has 1 aliphatic carbocycles. The second-order valence-corrected chi connectivity index (χ2v) is 11.3. The van der Waals surface area contributed by atoms with Crippen LogP contribution in [0.4, 0.5) is 5.69 Å². The van der Waals surface area contributed by atoms with E-state index < -0.39 is 5.54 Å². The van der Waals surface area contributed by atoms with E-state index in [4.69, 9.17) is 4.99 Å². The van der Waals surface area contributed by atoms with E-state index in [1.165, 1.54) is 18.5 Å². The van der Waals surface area contributed by atoms with Crippen LogP contribution in [0.15, 0.2) is 47.5 Å². The van der Waals surface area contributed by atoms with Crippen LogP contribution in [0.5, 0.6) is 0 Å². The van der Waals surface area contributed by atoms with Crippen LogP contribution >= 0.6 is 0 Å². The van der Waals surface area contributed by atoms with Gasteiger partial charge in [-0.25, -0.2) is 0 Å². The van der Waals surface area contributed by atoms with E-state index in [0.29, 0.717) is 18.3 Å². The Morgan fingerprint density at radius 3 is 2.58 bits per heavy atom. The summed E-state index contributed by atoms with van der Waals surface area (Å²) in [6, 6.07) is 15.1. The molecule has 6 rings (SSSR count).